The van der Waals surface area contributed by atoms with Crippen LogP contribution < -0.4 is 10.6 Å². The second-order valence-corrected chi connectivity index (χ2v) is 4.52. The van der Waals surface area contributed by atoms with Crippen molar-refractivity contribution in [1.82, 2.24) is 10.6 Å². The van der Waals surface area contributed by atoms with Crippen LogP contribution in [-0.2, 0) is 4.74 Å². The van der Waals surface area contributed by atoms with E-state index in [0.29, 0.717) is 12.5 Å². The lowest BCUT2D eigenvalue weighted by atomic mass is 10.3. The van der Waals surface area contributed by atoms with Gasteiger partial charge in [-0.05, 0) is 37.3 Å². The van der Waals surface area contributed by atoms with Crippen LogP contribution in [0, 0.1) is 17.8 Å². The number of rotatable bonds is 5. The highest BCUT2D eigenvalue weighted by Gasteiger charge is 2.52. The molecule has 1 saturated carbocycles. The number of carbonyl (C=O) groups excluding carboxylic acids is 1. The molecule has 2 N–H and O–H groups in total. The number of hydrogen-bond acceptors (Lipinski definition) is 3. The Labute approximate surface area is 90.8 Å². The first-order valence-corrected chi connectivity index (χ1v) is 5.94. The molecule has 2 fully saturated rings. The molecule has 0 spiro atoms. The zero-order valence-corrected chi connectivity index (χ0v) is 9.29. The lowest BCUT2D eigenvalue weighted by molar-refractivity contribution is 0.144. The third-order valence-electron chi connectivity index (χ3n) is 3.48. The maximum absolute atomic E-state index is 11.2. The van der Waals surface area contributed by atoms with Gasteiger partial charge in [0.15, 0.2) is 0 Å². The Hall–Kier alpha value is -0.770. The molecule has 0 aromatic heterocycles. The molecule has 2 rings (SSSR count). The number of carbonyl (C=O) groups is 1. The molecule has 0 radical (unpaired) electrons. The maximum Gasteiger partial charge on any atom is 0.407 e. The van der Waals surface area contributed by atoms with Gasteiger partial charge in [-0.3, -0.25) is 0 Å². The van der Waals surface area contributed by atoms with E-state index in [0.717, 1.165) is 44.3 Å². The van der Waals surface area contributed by atoms with Crippen molar-refractivity contribution in [3.63, 3.8) is 0 Å². The van der Waals surface area contributed by atoms with Gasteiger partial charge >= 0.3 is 6.09 Å². The normalized spacial score (nSPS) is 32.2. The number of ether oxygens (including phenoxy) is 1. The monoisotopic (exact) mass is 212 g/mol. The molecule has 0 aromatic carbocycles. The quantitative estimate of drug-likeness (QED) is 0.668. The molecule has 1 aliphatic carbocycles. The van der Waals surface area contributed by atoms with E-state index in [4.69, 9.17) is 4.74 Å². The van der Waals surface area contributed by atoms with Crippen molar-refractivity contribution in [3.05, 3.63) is 0 Å². The van der Waals surface area contributed by atoms with Gasteiger partial charge in [0.2, 0.25) is 0 Å². The van der Waals surface area contributed by atoms with Gasteiger partial charge in [0.05, 0.1) is 6.61 Å². The summed E-state index contributed by atoms with van der Waals surface area (Å²) >= 11 is 0. The highest BCUT2D eigenvalue weighted by atomic mass is 16.5. The van der Waals surface area contributed by atoms with E-state index >= 15 is 0 Å². The highest BCUT2D eigenvalue weighted by Crippen LogP contribution is 2.47. The topological polar surface area (TPSA) is 50.4 Å². The van der Waals surface area contributed by atoms with E-state index in [1.165, 1.54) is 0 Å². The van der Waals surface area contributed by atoms with E-state index in [1.54, 1.807) is 0 Å². The molecule has 0 bridgehead atoms. The first-order valence-electron chi connectivity index (χ1n) is 5.94. The van der Waals surface area contributed by atoms with Crippen molar-refractivity contribution in [2.24, 2.45) is 17.8 Å². The SMILES string of the molecule is CCCCOC(=O)NCC1C2CNCC21. The van der Waals surface area contributed by atoms with Crippen LogP contribution in [0.25, 0.3) is 0 Å². The van der Waals surface area contributed by atoms with Gasteiger partial charge in [-0.1, -0.05) is 13.3 Å². The van der Waals surface area contributed by atoms with Crippen LogP contribution in [0.5, 0.6) is 0 Å². The number of nitrogens with one attached hydrogen (secondary N) is 2. The molecule has 1 amide bonds. The maximum atomic E-state index is 11.2. The van der Waals surface area contributed by atoms with E-state index in [2.05, 4.69) is 17.6 Å². The summed E-state index contributed by atoms with van der Waals surface area (Å²) in [7, 11) is 0. The van der Waals surface area contributed by atoms with E-state index < -0.39 is 0 Å². The molecule has 2 unspecified atom stereocenters. The first-order chi connectivity index (χ1) is 7.33. The summed E-state index contributed by atoms with van der Waals surface area (Å²) in [5.41, 5.74) is 0. The molecule has 1 saturated heterocycles. The van der Waals surface area contributed by atoms with Gasteiger partial charge in [-0.2, -0.15) is 0 Å². The largest absolute Gasteiger partial charge is 0.450 e. The first kappa shape index (κ1) is 10.7. The Morgan fingerprint density at radius 3 is 2.87 bits per heavy atom. The van der Waals surface area contributed by atoms with Crippen molar-refractivity contribution in [3.8, 4) is 0 Å². The Balaban J connectivity index is 1.52. The number of unbranched alkanes of at least 4 members (excludes halogenated alkanes) is 1. The summed E-state index contributed by atoms with van der Waals surface area (Å²) < 4.78 is 5.02. The van der Waals surface area contributed by atoms with Crippen molar-refractivity contribution in [2.45, 2.75) is 19.8 Å². The molecule has 2 atom stereocenters. The zero-order valence-electron chi connectivity index (χ0n) is 9.29. The minimum Gasteiger partial charge on any atom is -0.450 e. The van der Waals surface area contributed by atoms with Gasteiger partial charge in [-0.15, -0.1) is 0 Å². The predicted octanol–water partition coefficient (Wildman–Crippen LogP) is 0.978. The van der Waals surface area contributed by atoms with Crippen LogP contribution in [0.1, 0.15) is 19.8 Å². The zero-order chi connectivity index (χ0) is 10.7. The summed E-state index contributed by atoms with van der Waals surface area (Å²) in [6, 6.07) is 0. The molecule has 1 heterocycles. The average Bonchev–Trinajstić information content (AvgIpc) is 2.68. The van der Waals surface area contributed by atoms with E-state index in [-0.39, 0.29) is 6.09 Å². The minimum atomic E-state index is -0.249. The molecule has 2 aliphatic rings. The molecule has 15 heavy (non-hydrogen) atoms. The number of amides is 1. The fraction of sp³-hybridized carbons (Fsp3) is 0.909. The summed E-state index contributed by atoms with van der Waals surface area (Å²) in [6.45, 7) is 5.67. The third-order valence-corrected chi connectivity index (χ3v) is 3.48. The Morgan fingerprint density at radius 1 is 1.47 bits per heavy atom. The third kappa shape index (κ3) is 2.62. The Bertz CT molecular complexity index is 223. The molecule has 0 aromatic rings. The smallest absolute Gasteiger partial charge is 0.407 e. The standard InChI is InChI=1S/C11H20N2O2/c1-2-3-4-15-11(14)13-7-10-8-5-12-6-9(8)10/h8-10,12H,2-7H2,1H3,(H,13,14). The summed E-state index contributed by atoms with van der Waals surface area (Å²) in [6.07, 6.45) is 1.76. The van der Waals surface area contributed by atoms with Gasteiger partial charge in [0, 0.05) is 6.54 Å². The minimum absolute atomic E-state index is 0.249. The highest BCUT2D eigenvalue weighted by molar-refractivity contribution is 5.67. The Morgan fingerprint density at radius 2 is 2.20 bits per heavy atom. The van der Waals surface area contributed by atoms with Gasteiger partial charge < -0.3 is 15.4 Å². The van der Waals surface area contributed by atoms with Crippen LogP contribution in [0.3, 0.4) is 0 Å². The van der Waals surface area contributed by atoms with Crippen LogP contribution in [0.2, 0.25) is 0 Å². The van der Waals surface area contributed by atoms with Crippen LogP contribution in [-0.4, -0.2) is 32.3 Å². The van der Waals surface area contributed by atoms with Crippen LogP contribution >= 0.6 is 0 Å². The Kier molecular flexibility index (Phi) is 3.46. The molecule has 4 nitrogen and oxygen atoms in total. The molecule has 4 heteroatoms. The predicted molar refractivity (Wildman–Crippen MR) is 57.6 cm³/mol. The number of hydrogen-bond donors (Lipinski definition) is 2. The van der Waals surface area contributed by atoms with Crippen molar-refractivity contribution in [2.75, 3.05) is 26.2 Å². The summed E-state index contributed by atoms with van der Waals surface area (Å²) in [5, 5.41) is 6.18. The lowest BCUT2D eigenvalue weighted by Gasteiger charge is -2.07. The van der Waals surface area contributed by atoms with Crippen LogP contribution in [0.4, 0.5) is 4.79 Å². The fourth-order valence-electron chi connectivity index (χ4n) is 2.41. The van der Waals surface area contributed by atoms with Crippen molar-refractivity contribution < 1.29 is 9.53 Å². The summed E-state index contributed by atoms with van der Waals surface area (Å²) in [4.78, 5) is 11.2. The number of alkyl carbamates (subject to hydrolysis) is 1. The van der Waals surface area contributed by atoms with Gasteiger partial charge in [-0.25, -0.2) is 4.79 Å². The summed E-state index contributed by atoms with van der Waals surface area (Å²) in [5.74, 6) is 2.31. The van der Waals surface area contributed by atoms with Crippen LogP contribution in [0.15, 0.2) is 0 Å². The van der Waals surface area contributed by atoms with E-state index in [9.17, 15) is 4.79 Å². The number of fused-ring (bicyclic) bond motifs is 1. The molecule has 86 valence electrons. The second kappa shape index (κ2) is 4.84. The van der Waals surface area contributed by atoms with Crippen molar-refractivity contribution in [1.29, 1.82) is 0 Å². The van der Waals surface area contributed by atoms with Crippen molar-refractivity contribution >= 4 is 6.09 Å². The number of piperidine rings is 1. The van der Waals surface area contributed by atoms with Gasteiger partial charge in [0.1, 0.15) is 0 Å². The second-order valence-electron chi connectivity index (χ2n) is 4.52. The van der Waals surface area contributed by atoms with E-state index in [1.807, 2.05) is 0 Å². The molecule has 1 aliphatic heterocycles. The molecular weight excluding hydrogens is 192 g/mol. The van der Waals surface area contributed by atoms with Gasteiger partial charge in [0.25, 0.3) is 0 Å². The fourth-order valence-corrected chi connectivity index (χ4v) is 2.41. The molecular formula is C11H20N2O2. The average molecular weight is 212 g/mol. The lowest BCUT2D eigenvalue weighted by Crippen LogP contribution is -2.29.